The summed E-state index contributed by atoms with van der Waals surface area (Å²) in [6.07, 6.45) is 0. The van der Waals surface area contributed by atoms with E-state index in [-0.39, 0.29) is 33.9 Å². The predicted molar refractivity (Wildman–Crippen MR) is 113 cm³/mol. The first-order valence-electron chi connectivity index (χ1n) is 8.87. The first kappa shape index (κ1) is 22.4. The first-order chi connectivity index (χ1) is 15.2. The number of benzene rings is 2. The molecule has 12 nitrogen and oxygen atoms in total. The lowest BCUT2D eigenvalue weighted by Gasteiger charge is -2.10. The molecule has 0 saturated heterocycles. The summed E-state index contributed by atoms with van der Waals surface area (Å²) in [5, 5.41) is 13.4. The van der Waals surface area contributed by atoms with Gasteiger partial charge in [-0.2, -0.15) is 9.97 Å². The van der Waals surface area contributed by atoms with Crippen molar-refractivity contribution >= 4 is 33.1 Å². The number of nitrogens with one attached hydrogen (secondary N) is 2. The normalized spacial score (nSPS) is 10.8. The first-order valence-corrected chi connectivity index (χ1v) is 10.4. The average molecular weight is 459 g/mol. The molecule has 0 aliphatic carbocycles. The number of ether oxygens (including phenoxy) is 2. The molecule has 3 aromatic rings. The molecule has 3 rings (SSSR count). The van der Waals surface area contributed by atoms with Gasteiger partial charge in [0.25, 0.3) is 21.6 Å². The van der Waals surface area contributed by atoms with E-state index in [1.807, 2.05) is 0 Å². The highest BCUT2D eigenvalue weighted by Crippen LogP contribution is 2.22. The zero-order valence-electron chi connectivity index (χ0n) is 16.8. The number of carbonyl (C=O) groups excluding carboxylic acids is 1. The van der Waals surface area contributed by atoms with Gasteiger partial charge in [-0.25, -0.2) is 8.42 Å². The molecular formula is C19H17N5O7S. The van der Waals surface area contributed by atoms with Gasteiger partial charge in [0.2, 0.25) is 5.88 Å². The maximum absolute atomic E-state index is 12.7. The van der Waals surface area contributed by atoms with Crippen molar-refractivity contribution in [2.24, 2.45) is 0 Å². The molecule has 13 heteroatoms. The van der Waals surface area contributed by atoms with Gasteiger partial charge >= 0.3 is 6.01 Å². The third kappa shape index (κ3) is 5.26. The van der Waals surface area contributed by atoms with E-state index in [0.717, 1.165) is 6.07 Å². The van der Waals surface area contributed by atoms with Crippen LogP contribution in [0.1, 0.15) is 10.4 Å². The lowest BCUT2D eigenvalue weighted by molar-refractivity contribution is -0.384. The SMILES string of the molecule is COc1cc(NS(=O)(=O)c2ccc(NC(=O)c3cccc([N+](=O)[O-])c3)cc2)nc(OC)n1. The Labute approximate surface area is 182 Å². The van der Waals surface area contributed by atoms with Crippen molar-refractivity contribution in [3.63, 3.8) is 0 Å². The topological polar surface area (TPSA) is 163 Å². The van der Waals surface area contributed by atoms with Crippen LogP contribution in [0.5, 0.6) is 11.9 Å². The Bertz CT molecular complexity index is 1240. The lowest BCUT2D eigenvalue weighted by Crippen LogP contribution is -2.15. The zero-order chi connectivity index (χ0) is 23.3. The second-order valence-corrected chi connectivity index (χ2v) is 7.86. The third-order valence-corrected chi connectivity index (χ3v) is 5.43. The van der Waals surface area contributed by atoms with Crippen LogP contribution in [-0.4, -0.2) is 43.4 Å². The molecule has 2 aromatic carbocycles. The molecule has 0 bridgehead atoms. The summed E-state index contributed by atoms with van der Waals surface area (Å²) in [5.41, 5.74) is 0.165. The predicted octanol–water partition coefficient (Wildman–Crippen LogP) is 2.46. The summed E-state index contributed by atoms with van der Waals surface area (Å²) in [6, 6.07) is 11.8. The number of methoxy groups -OCH3 is 2. The fraction of sp³-hybridized carbons (Fsp3) is 0.105. The molecule has 0 fully saturated rings. The van der Waals surface area contributed by atoms with Gasteiger partial charge in [-0.05, 0) is 30.3 Å². The fourth-order valence-electron chi connectivity index (χ4n) is 2.53. The number of nitrogens with zero attached hydrogens (tertiary/aromatic N) is 3. The van der Waals surface area contributed by atoms with Crippen molar-refractivity contribution in [2.75, 3.05) is 24.3 Å². The number of sulfonamides is 1. The summed E-state index contributed by atoms with van der Waals surface area (Å²) >= 11 is 0. The molecule has 0 aliphatic heterocycles. The minimum Gasteiger partial charge on any atom is -0.481 e. The summed E-state index contributed by atoms with van der Waals surface area (Å²) in [5.74, 6) is -0.534. The number of rotatable bonds is 8. The second kappa shape index (κ2) is 9.26. The standard InChI is InChI=1S/C19H17N5O7S/c1-30-17-11-16(21-19(22-17)31-2)23-32(28,29)15-8-6-13(7-9-15)20-18(25)12-4-3-5-14(10-12)24(26)27/h3-11H,1-2H3,(H,20,25)(H,21,22,23). The Morgan fingerprint density at radius 2 is 1.75 bits per heavy atom. The smallest absolute Gasteiger partial charge is 0.321 e. The molecule has 1 heterocycles. The molecule has 166 valence electrons. The van der Waals surface area contributed by atoms with Crippen LogP contribution < -0.4 is 19.5 Å². The number of amides is 1. The summed E-state index contributed by atoms with van der Waals surface area (Å²) in [6.45, 7) is 0. The molecular weight excluding hydrogens is 442 g/mol. The zero-order valence-corrected chi connectivity index (χ0v) is 17.6. The van der Waals surface area contributed by atoms with E-state index in [2.05, 4.69) is 20.0 Å². The monoisotopic (exact) mass is 459 g/mol. The van der Waals surface area contributed by atoms with E-state index >= 15 is 0 Å². The Hall–Kier alpha value is -4.26. The van der Waals surface area contributed by atoms with E-state index in [0.29, 0.717) is 5.69 Å². The van der Waals surface area contributed by atoms with Crippen molar-refractivity contribution in [3.05, 3.63) is 70.3 Å². The molecule has 0 spiro atoms. The van der Waals surface area contributed by atoms with Crippen LogP contribution in [0.2, 0.25) is 0 Å². The van der Waals surface area contributed by atoms with Crippen molar-refractivity contribution < 1.29 is 27.6 Å². The van der Waals surface area contributed by atoms with Gasteiger partial charge in [-0.1, -0.05) is 6.07 Å². The largest absolute Gasteiger partial charge is 0.481 e. The van der Waals surface area contributed by atoms with E-state index in [1.165, 1.54) is 62.8 Å². The van der Waals surface area contributed by atoms with Crippen molar-refractivity contribution in [1.82, 2.24) is 9.97 Å². The Morgan fingerprint density at radius 1 is 1.03 bits per heavy atom. The third-order valence-electron chi connectivity index (χ3n) is 4.05. The highest BCUT2D eigenvalue weighted by Gasteiger charge is 2.17. The minimum absolute atomic E-state index is 0.0586. The van der Waals surface area contributed by atoms with Gasteiger partial charge in [0.05, 0.1) is 24.0 Å². The highest BCUT2D eigenvalue weighted by molar-refractivity contribution is 7.92. The van der Waals surface area contributed by atoms with Crippen LogP contribution in [0.3, 0.4) is 0 Å². The van der Waals surface area contributed by atoms with Crippen molar-refractivity contribution in [2.45, 2.75) is 4.90 Å². The molecule has 0 aliphatic rings. The van der Waals surface area contributed by atoms with Gasteiger partial charge < -0.3 is 14.8 Å². The van der Waals surface area contributed by atoms with E-state index in [4.69, 9.17) is 9.47 Å². The number of anilines is 2. The molecule has 2 N–H and O–H groups in total. The van der Waals surface area contributed by atoms with Crippen LogP contribution in [0.25, 0.3) is 0 Å². The highest BCUT2D eigenvalue weighted by atomic mass is 32.2. The number of nitro groups is 1. The molecule has 0 saturated carbocycles. The van der Waals surface area contributed by atoms with Crippen LogP contribution in [-0.2, 0) is 10.0 Å². The number of nitro benzene ring substituents is 1. The molecule has 1 amide bonds. The molecule has 1 aromatic heterocycles. The maximum Gasteiger partial charge on any atom is 0.321 e. The van der Waals surface area contributed by atoms with Crippen molar-refractivity contribution in [3.8, 4) is 11.9 Å². The minimum atomic E-state index is -4.01. The van der Waals surface area contributed by atoms with Gasteiger partial charge in [-0.3, -0.25) is 19.6 Å². The Kier molecular flexibility index (Phi) is 6.49. The Morgan fingerprint density at radius 3 is 2.38 bits per heavy atom. The van der Waals surface area contributed by atoms with Crippen LogP contribution in [0.4, 0.5) is 17.2 Å². The number of carbonyl (C=O) groups is 1. The molecule has 32 heavy (non-hydrogen) atoms. The quantitative estimate of drug-likeness (QED) is 0.380. The second-order valence-electron chi connectivity index (χ2n) is 6.17. The number of hydrogen-bond acceptors (Lipinski definition) is 9. The van der Waals surface area contributed by atoms with Crippen molar-refractivity contribution in [1.29, 1.82) is 0 Å². The van der Waals surface area contributed by atoms with Gasteiger partial charge in [-0.15, -0.1) is 0 Å². The van der Waals surface area contributed by atoms with Gasteiger partial charge in [0.15, 0.2) is 5.82 Å². The number of hydrogen-bond donors (Lipinski definition) is 2. The van der Waals surface area contributed by atoms with Crippen LogP contribution in [0, 0.1) is 10.1 Å². The lowest BCUT2D eigenvalue weighted by atomic mass is 10.2. The van der Waals surface area contributed by atoms with E-state index in [1.54, 1.807) is 0 Å². The maximum atomic E-state index is 12.7. The number of non-ortho nitro benzene ring substituents is 1. The summed E-state index contributed by atoms with van der Waals surface area (Å²) in [4.78, 5) is 30.3. The summed E-state index contributed by atoms with van der Waals surface area (Å²) < 4.78 is 37.5. The van der Waals surface area contributed by atoms with E-state index in [9.17, 15) is 23.3 Å². The van der Waals surface area contributed by atoms with Gasteiger partial charge in [0, 0.05) is 29.4 Å². The fourth-order valence-corrected chi connectivity index (χ4v) is 3.52. The molecule has 0 atom stereocenters. The van der Waals surface area contributed by atoms with Crippen LogP contribution in [0.15, 0.2) is 59.5 Å². The van der Waals surface area contributed by atoms with Gasteiger partial charge in [0.1, 0.15) is 0 Å². The summed E-state index contributed by atoms with van der Waals surface area (Å²) in [7, 11) is -1.33. The average Bonchev–Trinajstić information content (AvgIpc) is 2.78. The van der Waals surface area contributed by atoms with E-state index < -0.39 is 20.9 Å². The Balaban J connectivity index is 1.75. The number of aromatic nitrogens is 2. The molecule has 0 radical (unpaired) electrons. The van der Waals surface area contributed by atoms with Crippen LogP contribution >= 0.6 is 0 Å². The molecule has 0 unspecified atom stereocenters.